The van der Waals surface area contributed by atoms with Gasteiger partial charge in [0.25, 0.3) is 0 Å². The summed E-state index contributed by atoms with van der Waals surface area (Å²) < 4.78 is 2.07. The molecule has 0 unspecified atom stereocenters. The topological polar surface area (TPSA) is 46.0 Å². The van der Waals surface area contributed by atoms with Crippen LogP contribution in [0.2, 0.25) is 0 Å². The van der Waals surface area contributed by atoms with Crippen LogP contribution in [0.15, 0.2) is 6.33 Å². The van der Waals surface area contributed by atoms with Gasteiger partial charge < -0.3 is 5.32 Å². The summed E-state index contributed by atoms with van der Waals surface area (Å²) in [6.45, 7) is 11.2. The first-order valence-electron chi connectivity index (χ1n) is 7.02. The molecule has 100 valence electrons. The van der Waals surface area contributed by atoms with E-state index in [0.717, 1.165) is 30.7 Å². The van der Waals surface area contributed by atoms with Crippen molar-refractivity contribution in [2.24, 2.45) is 17.8 Å². The monoisotopic (exact) mass is 249 g/mol. The fraction of sp³-hybridized carbons (Fsp3) is 0.846. The zero-order valence-corrected chi connectivity index (χ0v) is 11.3. The van der Waals surface area contributed by atoms with Crippen LogP contribution in [0.3, 0.4) is 0 Å². The van der Waals surface area contributed by atoms with Crippen molar-refractivity contribution in [1.29, 1.82) is 0 Å². The Balaban J connectivity index is 1.61. The van der Waals surface area contributed by atoms with E-state index in [4.69, 9.17) is 0 Å². The Morgan fingerprint density at radius 1 is 1.33 bits per heavy atom. The quantitative estimate of drug-likeness (QED) is 0.848. The first-order chi connectivity index (χ1) is 8.72. The van der Waals surface area contributed by atoms with Gasteiger partial charge in [-0.05, 0) is 30.8 Å². The highest BCUT2D eigenvalue weighted by molar-refractivity contribution is 4.94. The molecule has 0 spiro atoms. The van der Waals surface area contributed by atoms with Crippen LogP contribution in [0.4, 0.5) is 0 Å². The molecule has 0 bridgehead atoms. The van der Waals surface area contributed by atoms with Crippen molar-refractivity contribution < 1.29 is 0 Å². The Bertz CT molecular complexity index is 388. The highest BCUT2D eigenvalue weighted by atomic mass is 15.4. The maximum Gasteiger partial charge on any atom is 0.141 e. The maximum absolute atomic E-state index is 4.42. The van der Waals surface area contributed by atoms with E-state index in [1.165, 1.54) is 26.2 Å². The minimum atomic E-state index is 0.618. The van der Waals surface area contributed by atoms with Gasteiger partial charge in [0.05, 0.1) is 6.54 Å². The van der Waals surface area contributed by atoms with Gasteiger partial charge >= 0.3 is 0 Å². The molecule has 0 saturated carbocycles. The molecule has 1 aromatic rings. The number of rotatable bonds is 4. The van der Waals surface area contributed by atoms with Crippen molar-refractivity contribution in [3.63, 3.8) is 0 Å². The molecule has 3 rings (SSSR count). The molecule has 2 atom stereocenters. The average molecular weight is 249 g/mol. The lowest BCUT2D eigenvalue weighted by Gasteiger charge is -2.17. The molecule has 2 fully saturated rings. The van der Waals surface area contributed by atoms with Gasteiger partial charge in [-0.15, -0.1) is 0 Å². The van der Waals surface area contributed by atoms with E-state index >= 15 is 0 Å². The van der Waals surface area contributed by atoms with E-state index in [2.05, 4.69) is 38.8 Å². The summed E-state index contributed by atoms with van der Waals surface area (Å²) in [4.78, 5) is 6.96. The van der Waals surface area contributed by atoms with Crippen LogP contribution in [0.1, 0.15) is 19.7 Å². The van der Waals surface area contributed by atoms with E-state index in [1.54, 1.807) is 6.33 Å². The molecule has 2 saturated heterocycles. The second-order valence-electron chi connectivity index (χ2n) is 6.12. The smallest absolute Gasteiger partial charge is 0.141 e. The largest absolute Gasteiger partial charge is 0.316 e. The number of aromatic nitrogens is 3. The lowest BCUT2D eigenvalue weighted by Crippen LogP contribution is -2.27. The van der Waals surface area contributed by atoms with Crippen LogP contribution >= 0.6 is 0 Å². The SMILES string of the molecule is CC(C)Cn1ncnc1CN1C[C@H]2CNC[C@H]2C1. The molecule has 2 aliphatic rings. The molecule has 1 aromatic heterocycles. The first kappa shape index (κ1) is 12.1. The Kier molecular flexibility index (Phi) is 3.35. The van der Waals surface area contributed by atoms with E-state index in [1.807, 2.05) is 0 Å². The molecule has 18 heavy (non-hydrogen) atoms. The maximum atomic E-state index is 4.42. The Labute approximate surface area is 109 Å². The van der Waals surface area contributed by atoms with Gasteiger partial charge in [0.15, 0.2) is 0 Å². The average Bonchev–Trinajstić information content (AvgIpc) is 2.94. The molecule has 0 amide bonds. The van der Waals surface area contributed by atoms with Gasteiger partial charge in [-0.25, -0.2) is 9.67 Å². The second-order valence-corrected chi connectivity index (χ2v) is 6.12. The molecule has 0 aromatic carbocycles. The van der Waals surface area contributed by atoms with Crippen LogP contribution in [-0.2, 0) is 13.1 Å². The van der Waals surface area contributed by atoms with Crippen LogP contribution < -0.4 is 5.32 Å². The molecule has 3 heterocycles. The highest BCUT2D eigenvalue weighted by Crippen LogP contribution is 2.27. The number of nitrogens with one attached hydrogen (secondary N) is 1. The van der Waals surface area contributed by atoms with Gasteiger partial charge in [0.2, 0.25) is 0 Å². The van der Waals surface area contributed by atoms with Gasteiger partial charge in [-0.1, -0.05) is 13.8 Å². The third-order valence-electron chi connectivity index (χ3n) is 4.06. The summed E-state index contributed by atoms with van der Waals surface area (Å²) in [7, 11) is 0. The van der Waals surface area contributed by atoms with Gasteiger partial charge in [0.1, 0.15) is 12.2 Å². The third-order valence-corrected chi connectivity index (χ3v) is 4.06. The van der Waals surface area contributed by atoms with Crippen LogP contribution in [0, 0.1) is 17.8 Å². The molecule has 0 radical (unpaired) electrons. The zero-order valence-electron chi connectivity index (χ0n) is 11.3. The Morgan fingerprint density at radius 3 is 2.72 bits per heavy atom. The van der Waals surface area contributed by atoms with Crippen LogP contribution in [0.5, 0.6) is 0 Å². The minimum absolute atomic E-state index is 0.618. The lowest BCUT2D eigenvalue weighted by molar-refractivity contribution is 0.287. The van der Waals surface area contributed by atoms with Crippen molar-refractivity contribution in [2.75, 3.05) is 26.2 Å². The molecular weight excluding hydrogens is 226 g/mol. The Hall–Kier alpha value is -0.940. The standard InChI is InChI=1S/C13H23N5/c1-10(2)5-18-13(15-9-16-18)8-17-6-11-3-14-4-12(11)7-17/h9-12,14H,3-8H2,1-2H3/t11-,12+. The number of fused-ring (bicyclic) bond motifs is 1. The van der Waals surface area contributed by atoms with Gasteiger partial charge in [0, 0.05) is 19.6 Å². The summed E-state index contributed by atoms with van der Waals surface area (Å²) >= 11 is 0. The number of hydrogen-bond acceptors (Lipinski definition) is 4. The third kappa shape index (κ3) is 2.42. The summed E-state index contributed by atoms with van der Waals surface area (Å²) in [6.07, 6.45) is 1.69. The van der Waals surface area contributed by atoms with Crippen molar-refractivity contribution in [3.05, 3.63) is 12.2 Å². The molecule has 0 aliphatic carbocycles. The fourth-order valence-corrected chi connectivity index (χ4v) is 3.19. The van der Waals surface area contributed by atoms with Crippen molar-refractivity contribution >= 4 is 0 Å². The van der Waals surface area contributed by atoms with Crippen LogP contribution in [-0.4, -0.2) is 45.8 Å². The first-order valence-corrected chi connectivity index (χ1v) is 7.02. The highest BCUT2D eigenvalue weighted by Gasteiger charge is 2.36. The minimum Gasteiger partial charge on any atom is -0.316 e. The van der Waals surface area contributed by atoms with E-state index in [0.29, 0.717) is 5.92 Å². The van der Waals surface area contributed by atoms with E-state index in [-0.39, 0.29) is 0 Å². The number of likely N-dealkylation sites (tertiary alicyclic amines) is 1. The molecular formula is C13H23N5. The fourth-order valence-electron chi connectivity index (χ4n) is 3.19. The normalized spacial score (nSPS) is 28.2. The molecule has 2 aliphatic heterocycles. The van der Waals surface area contributed by atoms with Gasteiger partial charge in [-0.3, -0.25) is 4.90 Å². The molecule has 5 heteroatoms. The zero-order chi connectivity index (χ0) is 12.5. The summed E-state index contributed by atoms with van der Waals surface area (Å²) in [5.74, 6) is 3.45. The lowest BCUT2D eigenvalue weighted by atomic mass is 10.0. The van der Waals surface area contributed by atoms with Gasteiger partial charge in [-0.2, -0.15) is 5.10 Å². The number of hydrogen-bond donors (Lipinski definition) is 1. The summed E-state index contributed by atoms with van der Waals surface area (Å²) in [5, 5.41) is 7.82. The summed E-state index contributed by atoms with van der Waals surface area (Å²) in [6, 6.07) is 0. The van der Waals surface area contributed by atoms with Crippen molar-refractivity contribution in [2.45, 2.75) is 26.9 Å². The predicted octanol–water partition coefficient (Wildman–Crippen LogP) is 0.585. The predicted molar refractivity (Wildman–Crippen MR) is 70.0 cm³/mol. The molecule has 1 N–H and O–H groups in total. The Morgan fingerprint density at radius 2 is 2.06 bits per heavy atom. The summed E-state index contributed by atoms with van der Waals surface area (Å²) in [5.41, 5.74) is 0. The van der Waals surface area contributed by atoms with Crippen LogP contribution in [0.25, 0.3) is 0 Å². The second kappa shape index (κ2) is 4.97. The van der Waals surface area contributed by atoms with Crippen molar-refractivity contribution in [3.8, 4) is 0 Å². The van der Waals surface area contributed by atoms with E-state index < -0.39 is 0 Å². The molecule has 5 nitrogen and oxygen atoms in total. The van der Waals surface area contributed by atoms with E-state index in [9.17, 15) is 0 Å². The number of nitrogens with zero attached hydrogens (tertiary/aromatic N) is 4. The van der Waals surface area contributed by atoms with Crippen molar-refractivity contribution in [1.82, 2.24) is 25.0 Å².